The highest BCUT2D eigenvalue weighted by molar-refractivity contribution is 7.05. The zero-order valence-electron chi connectivity index (χ0n) is 7.92. The van der Waals surface area contributed by atoms with Gasteiger partial charge >= 0.3 is 0 Å². The number of hydrogen-bond acceptors (Lipinski definition) is 4. The number of rotatable bonds is 1. The molecule has 4 heteroatoms. The quantitative estimate of drug-likeness (QED) is 0.715. The molecule has 2 rings (SSSR count). The second-order valence-corrected chi connectivity index (χ2v) is 3.93. The van der Waals surface area contributed by atoms with Crippen LogP contribution in [0.1, 0.15) is 31.0 Å². The van der Waals surface area contributed by atoms with Crippen LogP contribution in [0.5, 0.6) is 0 Å². The predicted molar refractivity (Wildman–Crippen MR) is 49.5 cm³/mol. The van der Waals surface area contributed by atoms with Gasteiger partial charge in [-0.25, -0.2) is 4.98 Å². The van der Waals surface area contributed by atoms with Gasteiger partial charge in [-0.1, -0.05) is 0 Å². The van der Waals surface area contributed by atoms with E-state index in [-0.39, 0.29) is 6.90 Å². The molecule has 3 nitrogen and oxygen atoms in total. The van der Waals surface area contributed by atoms with Crippen molar-refractivity contribution < 1.29 is 1.37 Å². The lowest BCUT2D eigenvalue weighted by Gasteiger charge is -2.19. The van der Waals surface area contributed by atoms with Crippen LogP contribution in [0, 0.1) is 6.90 Å². The average Bonchev–Trinajstić information content (AvgIpc) is 2.67. The maximum absolute atomic E-state index is 7.16. The second-order valence-electron chi connectivity index (χ2n) is 3.09. The number of hydrogen-bond donors (Lipinski definition) is 1. The largest absolute Gasteiger partial charge is 0.316 e. The summed E-state index contributed by atoms with van der Waals surface area (Å²) in [6.07, 6.45) is 2.39. The number of nitrogens with one attached hydrogen (secondary N) is 1. The molecule has 0 radical (unpaired) electrons. The molecule has 1 saturated heterocycles. The Balaban J connectivity index is 2.05. The molecule has 1 aliphatic rings. The van der Waals surface area contributed by atoms with Crippen LogP contribution in [0.3, 0.4) is 0 Å². The van der Waals surface area contributed by atoms with Crippen molar-refractivity contribution in [3.05, 3.63) is 10.8 Å². The predicted octanol–water partition coefficient (Wildman–Crippen LogP) is 1.31. The number of aryl methyl sites for hydroxylation is 1. The number of aromatic nitrogens is 2. The fraction of sp³-hybridized carbons (Fsp3) is 0.750. The molecular formula is C8H13N3S. The molecule has 1 N–H and O–H groups in total. The summed E-state index contributed by atoms with van der Waals surface area (Å²) in [5, 5.41) is 4.17. The second kappa shape index (κ2) is 3.49. The van der Waals surface area contributed by atoms with Crippen molar-refractivity contribution in [2.45, 2.75) is 25.7 Å². The maximum atomic E-state index is 7.16. The van der Waals surface area contributed by atoms with Gasteiger partial charge in [0.25, 0.3) is 0 Å². The topological polar surface area (TPSA) is 37.8 Å². The van der Waals surface area contributed by atoms with Gasteiger partial charge in [-0.05, 0) is 37.8 Å². The van der Waals surface area contributed by atoms with E-state index >= 15 is 0 Å². The van der Waals surface area contributed by atoms with Crippen LogP contribution in [0.25, 0.3) is 0 Å². The summed E-state index contributed by atoms with van der Waals surface area (Å²) in [5.74, 6) is 1.42. The summed E-state index contributed by atoms with van der Waals surface area (Å²) in [6.45, 7) is 2.37. The van der Waals surface area contributed by atoms with Crippen molar-refractivity contribution in [2.75, 3.05) is 13.1 Å². The molecule has 0 bridgehead atoms. The standard InChI is InChI=1S/C8H13N3S/c1-6-10-8(11-12-6)7-3-2-4-9-5-7/h7,9H,2-5H2,1H3/t7-/m1/s1/i1D. The van der Waals surface area contributed by atoms with Gasteiger partial charge < -0.3 is 5.32 Å². The van der Waals surface area contributed by atoms with Gasteiger partial charge in [0.1, 0.15) is 10.8 Å². The molecule has 0 unspecified atom stereocenters. The average molecular weight is 184 g/mol. The first-order valence-electron chi connectivity index (χ1n) is 4.93. The van der Waals surface area contributed by atoms with E-state index in [1.165, 1.54) is 24.4 Å². The minimum Gasteiger partial charge on any atom is -0.316 e. The molecule has 1 aromatic heterocycles. The molecule has 2 heterocycles. The van der Waals surface area contributed by atoms with E-state index in [0.717, 1.165) is 23.9 Å². The van der Waals surface area contributed by atoms with Gasteiger partial charge in [-0.15, -0.1) is 0 Å². The van der Waals surface area contributed by atoms with Crippen molar-refractivity contribution in [1.82, 2.24) is 14.7 Å². The Morgan fingerprint density at radius 1 is 1.75 bits per heavy atom. The van der Waals surface area contributed by atoms with Crippen LogP contribution in [0.4, 0.5) is 0 Å². The third-order valence-electron chi connectivity index (χ3n) is 2.15. The summed E-state index contributed by atoms with van der Waals surface area (Å²) < 4.78 is 11.4. The smallest absolute Gasteiger partial charge is 0.146 e. The van der Waals surface area contributed by atoms with Crippen molar-refractivity contribution in [2.24, 2.45) is 0 Å². The molecule has 1 aliphatic heterocycles. The third kappa shape index (κ3) is 1.64. The van der Waals surface area contributed by atoms with Gasteiger partial charge in [0, 0.05) is 13.8 Å². The van der Waals surface area contributed by atoms with Crippen LogP contribution in [-0.4, -0.2) is 22.4 Å². The summed E-state index contributed by atoms with van der Waals surface area (Å²) in [7, 11) is 0. The van der Waals surface area contributed by atoms with E-state index < -0.39 is 0 Å². The van der Waals surface area contributed by atoms with E-state index in [1.807, 2.05) is 0 Å². The Kier molecular flexibility index (Phi) is 2.03. The zero-order chi connectivity index (χ0) is 9.10. The molecule has 1 fully saturated rings. The van der Waals surface area contributed by atoms with E-state index in [1.54, 1.807) is 0 Å². The Hall–Kier alpha value is -0.480. The van der Waals surface area contributed by atoms with Crippen molar-refractivity contribution >= 4 is 11.5 Å². The SMILES string of the molecule is [2H]Cc1nc([C@@H]2CCCNC2)ns1. The van der Waals surface area contributed by atoms with Gasteiger partial charge in [0.15, 0.2) is 0 Å². The summed E-state index contributed by atoms with van der Waals surface area (Å²) in [5.41, 5.74) is 0. The van der Waals surface area contributed by atoms with E-state index in [0.29, 0.717) is 5.92 Å². The van der Waals surface area contributed by atoms with Gasteiger partial charge in [0.05, 0.1) is 0 Å². The molecule has 0 aromatic carbocycles. The summed E-state index contributed by atoms with van der Waals surface area (Å²) in [4.78, 5) is 4.33. The highest BCUT2D eigenvalue weighted by atomic mass is 32.1. The first-order chi connectivity index (χ1) is 6.40. The van der Waals surface area contributed by atoms with Crippen molar-refractivity contribution in [1.29, 1.82) is 0 Å². The lowest BCUT2D eigenvalue weighted by atomic mass is 9.99. The summed E-state index contributed by atoms with van der Waals surface area (Å²) >= 11 is 1.37. The van der Waals surface area contributed by atoms with Crippen LogP contribution >= 0.6 is 11.5 Å². The minimum absolute atomic E-state index is 0.262. The molecule has 1 aromatic rings. The van der Waals surface area contributed by atoms with Gasteiger partial charge in [-0.3, -0.25) is 0 Å². The number of nitrogens with zero attached hydrogens (tertiary/aromatic N) is 2. The Morgan fingerprint density at radius 3 is 3.42 bits per heavy atom. The van der Waals surface area contributed by atoms with Crippen molar-refractivity contribution in [3.8, 4) is 0 Å². The van der Waals surface area contributed by atoms with Crippen LogP contribution in [-0.2, 0) is 0 Å². The van der Waals surface area contributed by atoms with Gasteiger partial charge in [0.2, 0.25) is 0 Å². The normalized spacial score (nSPS) is 25.3. The Labute approximate surface area is 77.8 Å². The lowest BCUT2D eigenvalue weighted by Crippen LogP contribution is -2.28. The first kappa shape index (κ1) is 6.97. The van der Waals surface area contributed by atoms with Crippen LogP contribution < -0.4 is 5.32 Å². The molecule has 0 spiro atoms. The van der Waals surface area contributed by atoms with E-state index in [4.69, 9.17) is 1.37 Å². The lowest BCUT2D eigenvalue weighted by molar-refractivity contribution is 0.449. The molecule has 0 saturated carbocycles. The number of piperidine rings is 1. The molecule has 12 heavy (non-hydrogen) atoms. The van der Waals surface area contributed by atoms with E-state index in [9.17, 15) is 0 Å². The third-order valence-corrected chi connectivity index (χ3v) is 2.73. The summed E-state index contributed by atoms with van der Waals surface area (Å²) in [6, 6.07) is 0. The molecular weight excluding hydrogens is 170 g/mol. The minimum atomic E-state index is 0.262. The van der Waals surface area contributed by atoms with E-state index in [2.05, 4.69) is 14.7 Å². The fourth-order valence-corrected chi connectivity index (χ4v) is 2.03. The fourth-order valence-electron chi connectivity index (χ4n) is 1.51. The highest BCUT2D eigenvalue weighted by Gasteiger charge is 2.18. The molecule has 0 amide bonds. The first-order valence-corrected chi connectivity index (χ1v) is 5.00. The zero-order valence-corrected chi connectivity index (χ0v) is 7.73. The van der Waals surface area contributed by atoms with Gasteiger partial charge in [-0.2, -0.15) is 4.37 Å². The Morgan fingerprint density at radius 2 is 2.75 bits per heavy atom. The van der Waals surface area contributed by atoms with Crippen molar-refractivity contribution in [3.63, 3.8) is 0 Å². The molecule has 0 aliphatic carbocycles. The van der Waals surface area contributed by atoms with Crippen LogP contribution in [0.2, 0.25) is 0 Å². The van der Waals surface area contributed by atoms with Crippen LogP contribution in [0.15, 0.2) is 0 Å². The molecule has 66 valence electrons. The maximum Gasteiger partial charge on any atom is 0.146 e. The molecule has 1 atom stereocenters. The Bertz CT molecular complexity index is 270. The highest BCUT2D eigenvalue weighted by Crippen LogP contribution is 2.21. The monoisotopic (exact) mass is 184 g/mol.